The Morgan fingerprint density at radius 1 is 0.721 bits per heavy atom. The Kier molecular flexibility index (Phi) is 11.3. The van der Waals surface area contributed by atoms with Gasteiger partial charge in [-0.1, -0.05) is 103 Å². The van der Waals surface area contributed by atoms with E-state index < -0.39 is 29.9 Å². The number of rotatable bonds is 14. The van der Waals surface area contributed by atoms with Crippen molar-refractivity contribution >= 4 is 29.4 Å². The van der Waals surface area contributed by atoms with E-state index in [1.165, 1.54) is 6.07 Å². The summed E-state index contributed by atoms with van der Waals surface area (Å²) in [6.45, 7) is 0.143. The fourth-order valence-electron chi connectivity index (χ4n) is 4.60. The van der Waals surface area contributed by atoms with Gasteiger partial charge in [0.05, 0.1) is 5.56 Å². The Labute approximate surface area is 255 Å². The normalized spacial score (nSPS) is 12.9. The minimum atomic E-state index is -1.19. The number of hydrogen-bond donors (Lipinski definition) is 4. The highest BCUT2D eigenvalue weighted by molar-refractivity contribution is 6.31. The summed E-state index contributed by atoms with van der Waals surface area (Å²) in [6.07, 6.45) is 0.807. The second-order valence-corrected chi connectivity index (χ2v) is 10.6. The maximum atomic E-state index is 13.6. The van der Waals surface area contributed by atoms with Crippen LogP contribution in [-0.4, -0.2) is 47.6 Å². The van der Waals surface area contributed by atoms with E-state index >= 15 is 0 Å². The van der Waals surface area contributed by atoms with Crippen LogP contribution in [0.2, 0.25) is 5.02 Å². The molecule has 4 aromatic carbocycles. The number of hydrogen-bond acceptors (Lipinski definition) is 5. The fraction of sp³-hybridized carbons (Fsp3) is 0.206. The summed E-state index contributed by atoms with van der Waals surface area (Å²) in [7, 11) is 0. The van der Waals surface area contributed by atoms with Gasteiger partial charge in [-0.05, 0) is 41.3 Å². The Morgan fingerprint density at radius 2 is 1.23 bits per heavy atom. The van der Waals surface area contributed by atoms with Gasteiger partial charge in [0.25, 0.3) is 5.91 Å². The maximum Gasteiger partial charge on any atom is 0.326 e. The standard InChI is InChI=1S/C34H34ClN3O5/c35-26-16-17-31(43-22-27(36)18-23-10-4-1-5-11-23)28(21-26)32(39)37-29(19-24-12-6-2-7-13-24)33(40)38-30(34(41)42)20-25-14-8-3-9-15-25/h1-17,21,27,29-30H,18-20,22,36H2,(H,37,39)(H,38,40)(H,41,42)/t27-,29-,30-/m0/s1. The fourth-order valence-corrected chi connectivity index (χ4v) is 4.77. The molecule has 0 aliphatic carbocycles. The monoisotopic (exact) mass is 599 g/mol. The summed E-state index contributed by atoms with van der Waals surface area (Å²) in [5, 5.41) is 15.5. The lowest BCUT2D eigenvalue weighted by atomic mass is 10.0. The van der Waals surface area contributed by atoms with Gasteiger partial charge < -0.3 is 26.2 Å². The predicted octanol–water partition coefficient (Wildman–Crippen LogP) is 4.44. The van der Waals surface area contributed by atoms with Crippen molar-refractivity contribution in [2.45, 2.75) is 37.4 Å². The minimum absolute atomic E-state index is 0.0867. The summed E-state index contributed by atoms with van der Waals surface area (Å²) >= 11 is 6.24. The van der Waals surface area contributed by atoms with Crippen molar-refractivity contribution in [1.82, 2.24) is 10.6 Å². The van der Waals surface area contributed by atoms with Gasteiger partial charge in [0.2, 0.25) is 5.91 Å². The van der Waals surface area contributed by atoms with Crippen LogP contribution in [0.3, 0.4) is 0 Å². The van der Waals surface area contributed by atoms with Crippen LogP contribution >= 0.6 is 11.6 Å². The van der Waals surface area contributed by atoms with Crippen molar-refractivity contribution in [3.8, 4) is 5.75 Å². The third kappa shape index (κ3) is 9.70. The molecule has 2 amide bonds. The average molecular weight is 600 g/mol. The summed E-state index contributed by atoms with van der Waals surface area (Å²) in [6, 6.07) is 29.9. The third-order valence-corrected chi connectivity index (χ3v) is 7.02. The second kappa shape index (κ2) is 15.5. The zero-order chi connectivity index (χ0) is 30.6. The molecule has 0 aliphatic rings. The molecule has 0 saturated carbocycles. The lowest BCUT2D eigenvalue weighted by molar-refractivity contribution is -0.142. The maximum absolute atomic E-state index is 13.6. The third-order valence-electron chi connectivity index (χ3n) is 6.78. The van der Waals surface area contributed by atoms with E-state index in [0.29, 0.717) is 11.4 Å². The zero-order valence-corrected chi connectivity index (χ0v) is 24.2. The second-order valence-electron chi connectivity index (χ2n) is 10.2. The van der Waals surface area contributed by atoms with Crippen molar-refractivity contribution in [1.29, 1.82) is 0 Å². The number of halogens is 1. The molecule has 4 rings (SSSR count). The van der Waals surface area contributed by atoms with Crippen LogP contribution in [0, 0.1) is 0 Å². The Balaban J connectivity index is 1.50. The number of benzene rings is 4. The molecule has 3 atom stereocenters. The highest BCUT2D eigenvalue weighted by Crippen LogP contribution is 2.24. The van der Waals surface area contributed by atoms with Crippen molar-refractivity contribution in [2.24, 2.45) is 5.73 Å². The summed E-state index contributed by atoms with van der Waals surface area (Å²) in [5.41, 5.74) is 9.02. The van der Waals surface area contributed by atoms with Crippen molar-refractivity contribution in [3.63, 3.8) is 0 Å². The number of amides is 2. The first-order chi connectivity index (χ1) is 20.8. The summed E-state index contributed by atoms with van der Waals surface area (Å²) < 4.78 is 5.95. The molecule has 9 heteroatoms. The molecular formula is C34H34ClN3O5. The predicted molar refractivity (Wildman–Crippen MR) is 166 cm³/mol. The van der Waals surface area contributed by atoms with Crippen LogP contribution in [0.15, 0.2) is 109 Å². The van der Waals surface area contributed by atoms with Crippen molar-refractivity contribution < 1.29 is 24.2 Å². The number of carbonyl (C=O) groups is 3. The molecule has 0 aliphatic heterocycles. The molecule has 0 fully saturated rings. The average Bonchev–Trinajstić information content (AvgIpc) is 3.01. The molecule has 43 heavy (non-hydrogen) atoms. The van der Waals surface area contributed by atoms with Gasteiger partial charge in [0.15, 0.2) is 0 Å². The molecule has 0 saturated heterocycles. The Hall–Kier alpha value is -4.66. The van der Waals surface area contributed by atoms with Crippen LogP contribution < -0.4 is 21.1 Å². The largest absolute Gasteiger partial charge is 0.491 e. The number of carboxylic acid groups (broad SMARTS) is 1. The van der Waals surface area contributed by atoms with Crippen LogP contribution in [0.5, 0.6) is 5.75 Å². The highest BCUT2D eigenvalue weighted by Gasteiger charge is 2.28. The van der Waals surface area contributed by atoms with Crippen LogP contribution in [-0.2, 0) is 28.9 Å². The number of carboxylic acids is 1. The highest BCUT2D eigenvalue weighted by atomic mass is 35.5. The molecule has 0 bridgehead atoms. The number of nitrogens with one attached hydrogen (secondary N) is 2. The van der Waals surface area contributed by atoms with Gasteiger partial charge in [-0.2, -0.15) is 0 Å². The van der Waals surface area contributed by atoms with Crippen molar-refractivity contribution in [2.75, 3.05) is 6.61 Å². The van der Waals surface area contributed by atoms with Gasteiger partial charge >= 0.3 is 5.97 Å². The van der Waals surface area contributed by atoms with E-state index in [1.807, 2.05) is 66.7 Å². The lowest BCUT2D eigenvalue weighted by Gasteiger charge is -2.23. The first-order valence-electron chi connectivity index (χ1n) is 13.9. The van der Waals surface area contributed by atoms with Gasteiger partial charge in [-0.15, -0.1) is 0 Å². The minimum Gasteiger partial charge on any atom is -0.491 e. The molecule has 0 heterocycles. The van der Waals surface area contributed by atoms with Crippen LogP contribution in [0.4, 0.5) is 0 Å². The quantitative estimate of drug-likeness (QED) is 0.169. The van der Waals surface area contributed by atoms with Crippen molar-refractivity contribution in [3.05, 3.63) is 136 Å². The van der Waals surface area contributed by atoms with Gasteiger partial charge in [-0.3, -0.25) is 9.59 Å². The zero-order valence-electron chi connectivity index (χ0n) is 23.5. The van der Waals surface area contributed by atoms with Gasteiger partial charge in [0.1, 0.15) is 24.4 Å². The molecule has 5 N–H and O–H groups in total. The topological polar surface area (TPSA) is 131 Å². The molecule has 0 spiro atoms. The van der Waals surface area contributed by atoms with E-state index in [2.05, 4.69) is 10.6 Å². The van der Waals surface area contributed by atoms with Gasteiger partial charge in [-0.25, -0.2) is 4.79 Å². The molecule has 0 radical (unpaired) electrons. The SMILES string of the molecule is N[C@H](COc1ccc(Cl)cc1C(=O)N[C@@H](Cc1ccccc1)C(=O)N[C@@H](Cc1ccccc1)C(=O)O)Cc1ccccc1. The summed E-state index contributed by atoms with van der Waals surface area (Å²) in [4.78, 5) is 39.1. The number of ether oxygens (including phenoxy) is 1. The molecule has 0 unspecified atom stereocenters. The van der Waals surface area contributed by atoms with Crippen LogP contribution in [0.1, 0.15) is 27.0 Å². The Bertz CT molecular complexity index is 1500. The molecular weight excluding hydrogens is 566 g/mol. The molecule has 0 aromatic heterocycles. The number of carbonyl (C=O) groups excluding carboxylic acids is 2. The van der Waals surface area contributed by atoms with E-state index in [1.54, 1.807) is 36.4 Å². The van der Waals surface area contributed by atoms with Crippen LogP contribution in [0.25, 0.3) is 0 Å². The number of aliphatic carboxylic acids is 1. The molecule has 8 nitrogen and oxygen atoms in total. The smallest absolute Gasteiger partial charge is 0.326 e. The van der Waals surface area contributed by atoms with E-state index in [-0.39, 0.29) is 36.8 Å². The first-order valence-corrected chi connectivity index (χ1v) is 14.3. The summed E-state index contributed by atoms with van der Waals surface area (Å²) in [5.74, 6) is -2.15. The van der Waals surface area contributed by atoms with E-state index in [9.17, 15) is 19.5 Å². The Morgan fingerprint density at radius 3 is 1.77 bits per heavy atom. The number of nitrogens with two attached hydrogens (primary N) is 1. The molecule has 222 valence electrons. The lowest BCUT2D eigenvalue weighted by Crippen LogP contribution is -2.53. The van der Waals surface area contributed by atoms with E-state index in [4.69, 9.17) is 22.1 Å². The first kappa shape index (κ1) is 31.3. The molecule has 4 aromatic rings. The van der Waals surface area contributed by atoms with Gasteiger partial charge in [0, 0.05) is 23.9 Å². The van der Waals surface area contributed by atoms with E-state index in [0.717, 1.165) is 16.7 Å².